The van der Waals surface area contributed by atoms with Crippen molar-refractivity contribution in [1.82, 2.24) is 5.43 Å². The number of hydrazine groups is 1. The largest absolute Gasteiger partial charge is 0.381 e. The predicted octanol–water partition coefficient (Wildman–Crippen LogP) is 2.62. The summed E-state index contributed by atoms with van der Waals surface area (Å²) < 4.78 is 11.8. The first-order chi connectivity index (χ1) is 9.75. The quantitative estimate of drug-likeness (QED) is 0.581. The Morgan fingerprint density at radius 2 is 2.05 bits per heavy atom. The lowest BCUT2D eigenvalue weighted by Gasteiger charge is -2.47. The average Bonchev–Trinajstić information content (AvgIpc) is 2.49. The van der Waals surface area contributed by atoms with Gasteiger partial charge >= 0.3 is 0 Å². The summed E-state index contributed by atoms with van der Waals surface area (Å²) in [5.74, 6) is 7.47. The van der Waals surface area contributed by atoms with Gasteiger partial charge in [-0.3, -0.25) is 11.3 Å². The van der Waals surface area contributed by atoms with Gasteiger partial charge in [0.2, 0.25) is 0 Å². The van der Waals surface area contributed by atoms with Crippen LogP contribution in [0.1, 0.15) is 58.8 Å². The van der Waals surface area contributed by atoms with Gasteiger partial charge in [-0.25, -0.2) is 0 Å². The highest BCUT2D eigenvalue weighted by atomic mass is 16.5. The molecule has 2 rings (SSSR count). The van der Waals surface area contributed by atoms with Gasteiger partial charge in [-0.1, -0.05) is 26.2 Å². The summed E-state index contributed by atoms with van der Waals surface area (Å²) in [7, 11) is 0. The van der Waals surface area contributed by atoms with Crippen molar-refractivity contribution in [2.45, 2.75) is 70.4 Å². The topological polar surface area (TPSA) is 56.5 Å². The molecule has 1 saturated carbocycles. The summed E-state index contributed by atoms with van der Waals surface area (Å²) in [5.41, 5.74) is 3.01. The lowest BCUT2D eigenvalue weighted by atomic mass is 9.70. The molecule has 0 amide bonds. The van der Waals surface area contributed by atoms with E-state index in [9.17, 15) is 0 Å². The Kier molecular flexibility index (Phi) is 6.27. The molecular formula is C16H32N2O2. The van der Waals surface area contributed by atoms with Gasteiger partial charge < -0.3 is 9.47 Å². The van der Waals surface area contributed by atoms with Crippen LogP contribution in [-0.4, -0.2) is 31.5 Å². The van der Waals surface area contributed by atoms with Crippen LogP contribution in [0.5, 0.6) is 0 Å². The SMILES string of the molecule is CCOC1(C(NN)C2CCCC(CC)C2)CCOCC1. The maximum Gasteiger partial charge on any atom is 0.0894 e. The lowest BCUT2D eigenvalue weighted by molar-refractivity contribution is -0.139. The third kappa shape index (κ3) is 3.53. The van der Waals surface area contributed by atoms with Crippen LogP contribution in [0.4, 0.5) is 0 Å². The van der Waals surface area contributed by atoms with Crippen molar-refractivity contribution in [1.29, 1.82) is 0 Å². The molecule has 0 aromatic rings. The Morgan fingerprint density at radius 3 is 2.65 bits per heavy atom. The van der Waals surface area contributed by atoms with Crippen molar-refractivity contribution in [3.8, 4) is 0 Å². The molecule has 0 aromatic carbocycles. The number of ether oxygens (including phenoxy) is 2. The molecule has 1 aliphatic carbocycles. The van der Waals surface area contributed by atoms with Crippen LogP contribution in [0.2, 0.25) is 0 Å². The van der Waals surface area contributed by atoms with E-state index in [4.69, 9.17) is 15.3 Å². The van der Waals surface area contributed by atoms with Gasteiger partial charge in [0.15, 0.2) is 0 Å². The maximum absolute atomic E-state index is 6.22. The molecule has 3 unspecified atom stereocenters. The summed E-state index contributed by atoms with van der Waals surface area (Å²) in [4.78, 5) is 0. The summed E-state index contributed by atoms with van der Waals surface area (Å²) >= 11 is 0. The Balaban J connectivity index is 2.10. The smallest absolute Gasteiger partial charge is 0.0894 e. The second-order valence-corrected chi connectivity index (χ2v) is 6.46. The molecule has 0 radical (unpaired) electrons. The van der Waals surface area contributed by atoms with Gasteiger partial charge in [-0.15, -0.1) is 0 Å². The standard InChI is InChI=1S/C16H32N2O2/c1-3-13-6-5-7-14(12-13)15(18-17)16(20-4-2)8-10-19-11-9-16/h13-15,18H,3-12,17H2,1-2H3. The van der Waals surface area contributed by atoms with Crippen molar-refractivity contribution in [3.63, 3.8) is 0 Å². The first-order valence-electron chi connectivity index (χ1n) is 8.43. The molecule has 20 heavy (non-hydrogen) atoms. The Morgan fingerprint density at radius 1 is 1.30 bits per heavy atom. The van der Waals surface area contributed by atoms with Crippen LogP contribution >= 0.6 is 0 Å². The van der Waals surface area contributed by atoms with E-state index in [0.717, 1.165) is 38.6 Å². The van der Waals surface area contributed by atoms with E-state index >= 15 is 0 Å². The molecule has 2 fully saturated rings. The predicted molar refractivity (Wildman–Crippen MR) is 81.3 cm³/mol. The van der Waals surface area contributed by atoms with E-state index in [1.165, 1.54) is 32.1 Å². The molecule has 4 nitrogen and oxygen atoms in total. The van der Waals surface area contributed by atoms with E-state index in [-0.39, 0.29) is 11.6 Å². The molecule has 1 saturated heterocycles. The maximum atomic E-state index is 6.22. The third-order valence-corrected chi connectivity index (χ3v) is 5.39. The summed E-state index contributed by atoms with van der Waals surface area (Å²) in [6.45, 7) is 6.73. The summed E-state index contributed by atoms with van der Waals surface area (Å²) in [6, 6.07) is 0.265. The lowest BCUT2D eigenvalue weighted by Crippen LogP contribution is -2.61. The highest BCUT2D eigenvalue weighted by Crippen LogP contribution is 2.40. The fourth-order valence-corrected chi connectivity index (χ4v) is 4.27. The number of rotatable bonds is 6. The Bertz CT molecular complexity index is 274. The zero-order valence-corrected chi connectivity index (χ0v) is 13.2. The molecular weight excluding hydrogens is 252 g/mol. The molecule has 1 heterocycles. The average molecular weight is 284 g/mol. The van der Waals surface area contributed by atoms with Crippen LogP contribution in [-0.2, 0) is 9.47 Å². The fraction of sp³-hybridized carbons (Fsp3) is 1.00. The fourth-order valence-electron chi connectivity index (χ4n) is 4.27. The van der Waals surface area contributed by atoms with E-state index in [1.54, 1.807) is 0 Å². The van der Waals surface area contributed by atoms with Crippen molar-refractivity contribution in [2.24, 2.45) is 17.7 Å². The third-order valence-electron chi connectivity index (χ3n) is 5.39. The second-order valence-electron chi connectivity index (χ2n) is 6.46. The van der Waals surface area contributed by atoms with Crippen molar-refractivity contribution in [3.05, 3.63) is 0 Å². The molecule has 0 spiro atoms. The summed E-state index contributed by atoms with van der Waals surface area (Å²) in [5, 5.41) is 0. The summed E-state index contributed by atoms with van der Waals surface area (Å²) in [6.07, 6.45) is 8.50. The molecule has 1 aliphatic heterocycles. The minimum atomic E-state index is -0.123. The molecule has 4 heteroatoms. The minimum Gasteiger partial charge on any atom is -0.381 e. The van der Waals surface area contributed by atoms with E-state index in [0.29, 0.717) is 5.92 Å². The zero-order valence-electron chi connectivity index (χ0n) is 13.2. The first kappa shape index (κ1) is 16.2. The highest BCUT2D eigenvalue weighted by Gasteiger charge is 2.45. The van der Waals surface area contributed by atoms with Crippen LogP contribution in [0.25, 0.3) is 0 Å². The van der Waals surface area contributed by atoms with Gasteiger partial charge in [0.05, 0.1) is 11.6 Å². The number of nitrogens with two attached hydrogens (primary N) is 1. The second kappa shape index (κ2) is 7.74. The molecule has 2 aliphatic rings. The normalized spacial score (nSPS) is 31.9. The number of hydrogen-bond donors (Lipinski definition) is 2. The van der Waals surface area contributed by atoms with Gasteiger partial charge in [-0.05, 0) is 31.6 Å². The minimum absolute atomic E-state index is 0.123. The zero-order chi connectivity index (χ0) is 14.4. The Labute approximate surface area is 123 Å². The van der Waals surface area contributed by atoms with E-state index < -0.39 is 0 Å². The molecule has 0 bridgehead atoms. The van der Waals surface area contributed by atoms with Crippen molar-refractivity contribution >= 4 is 0 Å². The molecule has 3 N–H and O–H groups in total. The van der Waals surface area contributed by atoms with Crippen LogP contribution in [0, 0.1) is 11.8 Å². The molecule has 118 valence electrons. The van der Waals surface area contributed by atoms with Gasteiger partial charge in [0.25, 0.3) is 0 Å². The monoisotopic (exact) mass is 284 g/mol. The number of nitrogens with one attached hydrogen (secondary N) is 1. The Hall–Kier alpha value is -0.160. The first-order valence-corrected chi connectivity index (χ1v) is 8.43. The van der Waals surface area contributed by atoms with Gasteiger partial charge in [0.1, 0.15) is 0 Å². The van der Waals surface area contributed by atoms with Crippen molar-refractivity contribution < 1.29 is 9.47 Å². The molecule has 3 atom stereocenters. The van der Waals surface area contributed by atoms with Crippen LogP contribution < -0.4 is 11.3 Å². The van der Waals surface area contributed by atoms with Gasteiger partial charge in [0, 0.05) is 32.7 Å². The van der Waals surface area contributed by atoms with E-state index in [2.05, 4.69) is 19.3 Å². The number of hydrogen-bond acceptors (Lipinski definition) is 4. The van der Waals surface area contributed by atoms with Gasteiger partial charge in [-0.2, -0.15) is 0 Å². The van der Waals surface area contributed by atoms with Crippen LogP contribution in [0.3, 0.4) is 0 Å². The van der Waals surface area contributed by atoms with E-state index in [1.807, 2.05) is 0 Å². The van der Waals surface area contributed by atoms with Crippen LogP contribution in [0.15, 0.2) is 0 Å². The van der Waals surface area contributed by atoms with Crippen molar-refractivity contribution in [2.75, 3.05) is 19.8 Å². The molecule has 0 aromatic heterocycles. The highest BCUT2D eigenvalue weighted by molar-refractivity contribution is 4.99.